The maximum absolute atomic E-state index is 12.3. The van der Waals surface area contributed by atoms with E-state index in [1.807, 2.05) is 47.4 Å². The van der Waals surface area contributed by atoms with Crippen LogP contribution >= 0.6 is 15.9 Å². The lowest BCUT2D eigenvalue weighted by molar-refractivity contribution is -0.131. The van der Waals surface area contributed by atoms with Crippen molar-refractivity contribution in [1.29, 1.82) is 0 Å². The highest BCUT2D eigenvalue weighted by atomic mass is 79.9. The van der Waals surface area contributed by atoms with Gasteiger partial charge in [-0.25, -0.2) is 0 Å². The summed E-state index contributed by atoms with van der Waals surface area (Å²) in [5, 5.41) is 0. The number of nitrogens with two attached hydrogens (primary N) is 1. The Hall–Kier alpha value is -1.81. The lowest BCUT2D eigenvalue weighted by Gasteiger charge is -2.15. The van der Waals surface area contributed by atoms with E-state index in [2.05, 4.69) is 15.9 Å². The molecule has 0 unspecified atom stereocenters. The van der Waals surface area contributed by atoms with Gasteiger partial charge in [-0.3, -0.25) is 4.79 Å². The first kappa shape index (κ1) is 13.2. The molecular weight excluding hydrogens is 316 g/mol. The zero-order valence-electron chi connectivity index (χ0n) is 11.0. The largest absolute Gasteiger partial charge is 0.399 e. The van der Waals surface area contributed by atoms with Crippen LogP contribution in [0, 0.1) is 0 Å². The molecule has 2 aromatic rings. The number of carbonyl (C=O) groups excluding carboxylic acids is 1. The molecule has 1 amide bonds. The Bertz CT molecular complexity index is 652. The van der Waals surface area contributed by atoms with Gasteiger partial charge >= 0.3 is 0 Å². The topological polar surface area (TPSA) is 46.3 Å². The standard InChI is InChI=1S/C16H15BrN2O/c17-14-4-1-11(2-5-14)7-16(20)19-9-12-3-6-15(18)8-13(12)10-19/h1-6,8H,7,9-10,18H2. The summed E-state index contributed by atoms with van der Waals surface area (Å²) in [6.45, 7) is 1.35. The molecule has 1 heterocycles. The van der Waals surface area contributed by atoms with Crippen LogP contribution in [0.3, 0.4) is 0 Å². The first-order valence-corrected chi connectivity index (χ1v) is 7.30. The Labute approximate surface area is 126 Å². The molecule has 0 spiro atoms. The third-order valence-electron chi connectivity index (χ3n) is 3.57. The number of halogens is 1. The van der Waals surface area contributed by atoms with Crippen molar-refractivity contribution in [3.8, 4) is 0 Å². The molecule has 0 aliphatic carbocycles. The second kappa shape index (κ2) is 5.29. The van der Waals surface area contributed by atoms with E-state index in [-0.39, 0.29) is 5.91 Å². The minimum atomic E-state index is 0.155. The predicted octanol–water partition coefficient (Wildman–Crippen LogP) is 3.12. The number of rotatable bonds is 2. The molecule has 1 aliphatic heterocycles. The number of amides is 1. The number of anilines is 1. The van der Waals surface area contributed by atoms with Crippen molar-refractivity contribution < 1.29 is 4.79 Å². The van der Waals surface area contributed by atoms with Crippen molar-refractivity contribution in [2.75, 3.05) is 5.73 Å². The van der Waals surface area contributed by atoms with Gasteiger partial charge in [0, 0.05) is 23.2 Å². The van der Waals surface area contributed by atoms with Crippen molar-refractivity contribution >= 4 is 27.5 Å². The van der Waals surface area contributed by atoms with Gasteiger partial charge in [-0.2, -0.15) is 0 Å². The molecule has 0 saturated heterocycles. The van der Waals surface area contributed by atoms with Crippen molar-refractivity contribution in [3.63, 3.8) is 0 Å². The molecule has 0 atom stereocenters. The van der Waals surface area contributed by atoms with Gasteiger partial charge in [0.05, 0.1) is 6.42 Å². The van der Waals surface area contributed by atoms with E-state index < -0.39 is 0 Å². The number of nitrogens with zero attached hydrogens (tertiary/aromatic N) is 1. The second-order valence-electron chi connectivity index (χ2n) is 5.08. The molecule has 0 fully saturated rings. The van der Waals surface area contributed by atoms with Gasteiger partial charge in [0.1, 0.15) is 0 Å². The zero-order chi connectivity index (χ0) is 14.1. The maximum Gasteiger partial charge on any atom is 0.227 e. The number of fused-ring (bicyclic) bond motifs is 1. The van der Waals surface area contributed by atoms with Crippen molar-refractivity contribution in [2.45, 2.75) is 19.5 Å². The number of nitrogen functional groups attached to an aromatic ring is 1. The lowest BCUT2D eigenvalue weighted by Crippen LogP contribution is -2.26. The summed E-state index contributed by atoms with van der Waals surface area (Å²) in [5.41, 5.74) is 9.93. The van der Waals surface area contributed by atoms with Crippen molar-refractivity contribution in [3.05, 3.63) is 63.6 Å². The molecule has 1 aliphatic rings. The zero-order valence-corrected chi connectivity index (χ0v) is 12.6. The molecule has 0 bridgehead atoms. The highest BCUT2D eigenvalue weighted by Crippen LogP contribution is 2.25. The van der Waals surface area contributed by atoms with Crippen LogP contribution in [0.5, 0.6) is 0 Å². The van der Waals surface area contributed by atoms with Gasteiger partial charge in [0.2, 0.25) is 5.91 Å². The summed E-state index contributed by atoms with van der Waals surface area (Å²) in [4.78, 5) is 14.2. The molecule has 2 aromatic carbocycles. The quantitative estimate of drug-likeness (QED) is 0.860. The summed E-state index contributed by atoms with van der Waals surface area (Å²) < 4.78 is 1.03. The first-order chi connectivity index (χ1) is 9.61. The predicted molar refractivity (Wildman–Crippen MR) is 83.0 cm³/mol. The van der Waals surface area contributed by atoms with Crippen LogP contribution in [0.15, 0.2) is 46.9 Å². The van der Waals surface area contributed by atoms with Crippen molar-refractivity contribution in [2.24, 2.45) is 0 Å². The van der Waals surface area contributed by atoms with E-state index in [1.165, 1.54) is 5.56 Å². The second-order valence-corrected chi connectivity index (χ2v) is 6.00. The first-order valence-electron chi connectivity index (χ1n) is 6.51. The fourth-order valence-corrected chi connectivity index (χ4v) is 2.74. The smallest absolute Gasteiger partial charge is 0.227 e. The number of hydrogen-bond acceptors (Lipinski definition) is 2. The van der Waals surface area contributed by atoms with Gasteiger partial charge in [0.15, 0.2) is 0 Å². The van der Waals surface area contributed by atoms with Crippen molar-refractivity contribution in [1.82, 2.24) is 4.90 Å². The summed E-state index contributed by atoms with van der Waals surface area (Å²) in [6.07, 6.45) is 0.441. The molecule has 0 radical (unpaired) electrons. The van der Waals surface area contributed by atoms with E-state index in [9.17, 15) is 4.79 Å². The van der Waals surface area contributed by atoms with Crippen LogP contribution in [0.1, 0.15) is 16.7 Å². The van der Waals surface area contributed by atoms with E-state index in [0.717, 1.165) is 21.3 Å². The highest BCUT2D eigenvalue weighted by Gasteiger charge is 2.23. The Morgan fingerprint density at radius 3 is 2.55 bits per heavy atom. The lowest BCUT2D eigenvalue weighted by atomic mass is 10.1. The van der Waals surface area contributed by atoms with Gasteiger partial charge in [-0.05, 0) is 41.0 Å². The Morgan fingerprint density at radius 1 is 1.10 bits per heavy atom. The Kier molecular flexibility index (Phi) is 3.49. The highest BCUT2D eigenvalue weighted by molar-refractivity contribution is 9.10. The summed E-state index contributed by atoms with van der Waals surface area (Å²) in [5.74, 6) is 0.155. The van der Waals surface area contributed by atoms with Crippen LogP contribution in [-0.2, 0) is 24.3 Å². The monoisotopic (exact) mass is 330 g/mol. The van der Waals surface area contributed by atoms with Crippen LogP contribution in [-0.4, -0.2) is 10.8 Å². The molecule has 20 heavy (non-hydrogen) atoms. The number of benzene rings is 2. The van der Waals surface area contributed by atoms with Crippen LogP contribution < -0.4 is 5.73 Å². The molecule has 0 saturated carbocycles. The molecule has 0 aromatic heterocycles. The van der Waals surface area contributed by atoms with Crippen LogP contribution in [0.2, 0.25) is 0 Å². The normalized spacial score (nSPS) is 13.3. The number of carbonyl (C=O) groups is 1. The van der Waals surface area contributed by atoms with Gasteiger partial charge in [-0.1, -0.05) is 34.1 Å². The van der Waals surface area contributed by atoms with Gasteiger partial charge in [0.25, 0.3) is 0 Å². The minimum absolute atomic E-state index is 0.155. The van der Waals surface area contributed by atoms with Crippen LogP contribution in [0.4, 0.5) is 5.69 Å². The summed E-state index contributed by atoms with van der Waals surface area (Å²) >= 11 is 3.40. The third-order valence-corrected chi connectivity index (χ3v) is 4.10. The van der Waals surface area contributed by atoms with E-state index in [1.54, 1.807) is 0 Å². The molecule has 3 rings (SSSR count). The van der Waals surface area contributed by atoms with Crippen LogP contribution in [0.25, 0.3) is 0 Å². The van der Waals surface area contributed by atoms with E-state index >= 15 is 0 Å². The summed E-state index contributed by atoms with van der Waals surface area (Å²) in [6, 6.07) is 13.7. The van der Waals surface area contributed by atoms with Gasteiger partial charge in [-0.15, -0.1) is 0 Å². The Balaban J connectivity index is 1.69. The molecular formula is C16H15BrN2O. The summed E-state index contributed by atoms with van der Waals surface area (Å²) in [7, 11) is 0. The van der Waals surface area contributed by atoms with Gasteiger partial charge < -0.3 is 10.6 Å². The SMILES string of the molecule is Nc1ccc2c(c1)CN(C(=O)Cc1ccc(Br)cc1)C2. The maximum atomic E-state index is 12.3. The molecule has 2 N–H and O–H groups in total. The van der Waals surface area contributed by atoms with E-state index in [4.69, 9.17) is 5.73 Å². The average Bonchev–Trinajstić information content (AvgIpc) is 2.84. The average molecular weight is 331 g/mol. The minimum Gasteiger partial charge on any atom is -0.399 e. The van der Waals surface area contributed by atoms with E-state index in [0.29, 0.717) is 19.5 Å². The fourth-order valence-electron chi connectivity index (χ4n) is 2.48. The fraction of sp³-hybridized carbons (Fsp3) is 0.188. The molecule has 102 valence electrons. The third kappa shape index (κ3) is 2.70. The Morgan fingerprint density at radius 2 is 1.80 bits per heavy atom. The molecule has 4 heteroatoms. The molecule has 3 nitrogen and oxygen atoms in total. The number of hydrogen-bond donors (Lipinski definition) is 1.